The summed E-state index contributed by atoms with van der Waals surface area (Å²) in [7, 11) is 3.26. The number of ketones is 2. The number of anilines is 1. The normalized spacial score (nSPS) is 33.9. The van der Waals surface area contributed by atoms with Crippen LogP contribution in [0.4, 0.5) is 11.4 Å². The topological polar surface area (TPSA) is 232 Å². The summed E-state index contributed by atoms with van der Waals surface area (Å²) >= 11 is 0. The SMILES string of the molecule is CN(C)c1cc(N=[N+]=N)c(O)c2c1[C@@](C)(O)C1CC3CC(=O)C(C(N)=O)=C(O)C3(O)C(O)C1C2=O. The fourth-order valence-corrected chi connectivity index (χ4v) is 5.99. The molecule has 1 aromatic carbocycles. The number of amides is 1. The van der Waals surface area contributed by atoms with Gasteiger partial charge >= 0.3 is 0 Å². The molecule has 0 spiro atoms. The fourth-order valence-electron chi connectivity index (χ4n) is 5.99. The number of carbonyl (C=O) groups excluding carboxylic acids is 3. The number of hydrogen-bond donors (Lipinski definition) is 7. The number of nitrogens with two attached hydrogens (primary N) is 1. The molecule has 35 heavy (non-hydrogen) atoms. The van der Waals surface area contributed by atoms with Gasteiger partial charge in [-0.15, -0.1) is 0 Å². The number of phenols is 1. The summed E-state index contributed by atoms with van der Waals surface area (Å²) in [5.41, 5.74) is 6.66. The van der Waals surface area contributed by atoms with E-state index >= 15 is 0 Å². The van der Waals surface area contributed by atoms with E-state index in [0.29, 0.717) is 5.69 Å². The minimum absolute atomic E-state index is 0.0487. The molecule has 5 unspecified atom stereocenters. The highest BCUT2D eigenvalue weighted by Crippen LogP contribution is 2.59. The molecule has 186 valence electrons. The molecule has 0 aromatic heterocycles. The average molecular weight is 488 g/mol. The van der Waals surface area contributed by atoms with Gasteiger partial charge in [0.2, 0.25) is 4.91 Å². The van der Waals surface area contributed by atoms with Crippen molar-refractivity contribution in [2.75, 3.05) is 19.0 Å². The van der Waals surface area contributed by atoms with Crippen molar-refractivity contribution in [2.45, 2.75) is 37.1 Å². The number of phenolic OH excluding ortho intramolecular Hbond substituents is 1. The zero-order valence-electron chi connectivity index (χ0n) is 19.2. The van der Waals surface area contributed by atoms with E-state index in [1.54, 1.807) is 19.0 Å². The maximum absolute atomic E-state index is 13.8. The average Bonchev–Trinajstić information content (AvgIpc) is 2.75. The Kier molecular flexibility index (Phi) is 5.38. The summed E-state index contributed by atoms with van der Waals surface area (Å²) in [6, 6.07) is 1.35. The Labute approximate surface area is 198 Å². The number of aliphatic hydroxyl groups excluding tert-OH is 2. The third kappa shape index (κ3) is 3.06. The van der Waals surface area contributed by atoms with Crippen LogP contribution in [0.3, 0.4) is 0 Å². The third-order valence-electron chi connectivity index (χ3n) is 7.63. The van der Waals surface area contributed by atoms with Gasteiger partial charge in [0.25, 0.3) is 5.91 Å². The van der Waals surface area contributed by atoms with E-state index in [0.717, 1.165) is 0 Å². The van der Waals surface area contributed by atoms with Crippen LogP contribution in [-0.2, 0) is 15.2 Å². The number of primary amides is 1. The van der Waals surface area contributed by atoms with Gasteiger partial charge in [-0.2, -0.15) is 0 Å². The lowest BCUT2D eigenvalue weighted by Gasteiger charge is -2.56. The molecule has 1 fully saturated rings. The van der Waals surface area contributed by atoms with E-state index in [1.807, 2.05) is 0 Å². The molecule has 3 aliphatic carbocycles. The monoisotopic (exact) mass is 488 g/mol. The summed E-state index contributed by atoms with van der Waals surface area (Å²) in [5.74, 6) is -8.50. The van der Waals surface area contributed by atoms with Gasteiger partial charge in [-0.1, -0.05) is 0 Å². The standard InChI is InChI=1S/C22H25N5O8/c1-21(34)8-4-7-5-11(28)13(20(23)33)19(32)22(7,35)18(31)12(8)17(30)14-15(21)10(27(2)3)6-9(16(14)29)25-26-24/h6-8,12,18,24,31,34-35H,4-5H2,1-3H3,(H3,23,28,32,33)/p+1/t7?,8?,12?,18?,21-,22?/m0/s1. The van der Waals surface area contributed by atoms with Gasteiger partial charge in [-0.3, -0.25) is 14.4 Å². The lowest BCUT2D eigenvalue weighted by atomic mass is 9.51. The maximum Gasteiger partial charge on any atom is 0.255 e. The molecule has 4 rings (SSSR count). The number of hydrogen-bond acceptors (Lipinski definition) is 11. The van der Waals surface area contributed by atoms with Crippen molar-refractivity contribution >= 4 is 28.8 Å². The largest absolute Gasteiger partial charge is 0.508 e. The van der Waals surface area contributed by atoms with E-state index in [1.165, 1.54) is 13.0 Å². The smallest absolute Gasteiger partial charge is 0.255 e. The number of fused-ring (bicyclic) bond motifs is 3. The van der Waals surface area contributed by atoms with Gasteiger partial charge in [0, 0.05) is 43.6 Å². The molecule has 0 radical (unpaired) electrons. The molecule has 1 saturated carbocycles. The number of rotatable bonds is 3. The first-order chi connectivity index (χ1) is 16.2. The van der Waals surface area contributed by atoms with Gasteiger partial charge in [-0.25, -0.2) is 0 Å². The molecule has 0 saturated heterocycles. The van der Waals surface area contributed by atoms with Crippen LogP contribution >= 0.6 is 0 Å². The van der Waals surface area contributed by atoms with Crippen molar-refractivity contribution in [1.29, 1.82) is 5.53 Å². The Morgan fingerprint density at radius 2 is 1.91 bits per heavy atom. The first-order valence-corrected chi connectivity index (χ1v) is 10.8. The first kappa shape index (κ1) is 24.5. The highest BCUT2D eigenvalue weighted by atomic mass is 16.4. The number of nitrogens with zero attached hydrogens (tertiary/aromatic N) is 3. The molecule has 8 N–H and O–H groups in total. The van der Waals surface area contributed by atoms with E-state index in [9.17, 15) is 39.9 Å². The number of aromatic hydroxyl groups is 1. The molecule has 13 nitrogen and oxygen atoms in total. The predicted octanol–water partition coefficient (Wildman–Crippen LogP) is -0.342. The summed E-state index contributed by atoms with van der Waals surface area (Å²) in [5, 5.41) is 59.5. The molecule has 1 aromatic rings. The first-order valence-electron chi connectivity index (χ1n) is 10.8. The van der Waals surface area contributed by atoms with Gasteiger partial charge in [0.15, 0.2) is 33.7 Å². The van der Waals surface area contributed by atoms with Crippen LogP contribution in [-0.4, -0.2) is 68.8 Å². The summed E-state index contributed by atoms with van der Waals surface area (Å²) in [4.78, 5) is 42.5. The van der Waals surface area contributed by atoms with Crippen molar-refractivity contribution < 1.29 is 39.9 Å². The van der Waals surface area contributed by atoms with Crippen LogP contribution in [0.5, 0.6) is 5.75 Å². The minimum atomic E-state index is -2.57. The maximum atomic E-state index is 13.8. The Morgan fingerprint density at radius 3 is 2.46 bits per heavy atom. The van der Waals surface area contributed by atoms with Gasteiger partial charge in [0.1, 0.15) is 23.0 Å². The fraction of sp³-hybridized carbons (Fsp3) is 0.500. The zero-order valence-corrected chi connectivity index (χ0v) is 19.2. The van der Waals surface area contributed by atoms with Crippen molar-refractivity contribution in [3.8, 4) is 5.75 Å². The number of aliphatic hydroxyl groups is 4. The molecular formula is C22H26N5O8+. The minimum Gasteiger partial charge on any atom is -0.508 e. The van der Waals surface area contributed by atoms with Crippen LogP contribution in [0, 0.1) is 23.3 Å². The van der Waals surface area contributed by atoms with Crippen LogP contribution in [0.15, 0.2) is 22.5 Å². The lowest BCUT2D eigenvalue weighted by Crippen LogP contribution is -2.67. The molecule has 6 atom stereocenters. The van der Waals surface area contributed by atoms with E-state index in [-0.39, 0.29) is 23.2 Å². The van der Waals surface area contributed by atoms with Crippen molar-refractivity contribution in [2.24, 2.45) is 28.6 Å². The number of Topliss-reactive ketones (excluding diaryl/α,β-unsaturated/α-hetero) is 2. The van der Waals surface area contributed by atoms with Gasteiger partial charge in [-0.05, 0) is 19.4 Å². The summed E-state index contributed by atoms with van der Waals surface area (Å²) in [6.45, 7) is 1.39. The number of benzene rings is 1. The summed E-state index contributed by atoms with van der Waals surface area (Å²) < 4.78 is 0. The van der Waals surface area contributed by atoms with Crippen LogP contribution in [0.2, 0.25) is 0 Å². The van der Waals surface area contributed by atoms with Crippen molar-refractivity contribution in [1.82, 2.24) is 4.91 Å². The highest BCUT2D eigenvalue weighted by molar-refractivity contribution is 6.20. The van der Waals surface area contributed by atoms with Crippen LogP contribution < -0.4 is 15.5 Å². The molecule has 13 heteroatoms. The zero-order chi connectivity index (χ0) is 26.2. The molecule has 1 amide bonds. The second kappa shape index (κ2) is 7.68. The van der Waals surface area contributed by atoms with Crippen LogP contribution in [0.1, 0.15) is 35.7 Å². The Balaban J connectivity index is 2.00. The van der Waals surface area contributed by atoms with Gasteiger partial charge < -0.3 is 36.2 Å². The number of nitrogens with one attached hydrogen (secondary N) is 1. The van der Waals surface area contributed by atoms with Crippen molar-refractivity contribution in [3.63, 3.8) is 0 Å². The Bertz CT molecular complexity index is 1260. The molecule has 3 aliphatic rings. The lowest BCUT2D eigenvalue weighted by molar-refractivity contribution is -0.195. The van der Waals surface area contributed by atoms with Crippen LogP contribution in [0.25, 0.3) is 0 Å². The number of carbonyl (C=O) groups is 3. The second-order valence-corrected chi connectivity index (χ2v) is 9.67. The van der Waals surface area contributed by atoms with Crippen molar-refractivity contribution in [3.05, 3.63) is 28.5 Å². The van der Waals surface area contributed by atoms with E-state index in [2.05, 4.69) is 10.0 Å². The molecular weight excluding hydrogens is 462 g/mol. The Hall–Kier alpha value is -3.64. The highest BCUT2D eigenvalue weighted by Gasteiger charge is 2.66. The van der Waals surface area contributed by atoms with E-state index in [4.69, 9.17) is 11.3 Å². The quantitative estimate of drug-likeness (QED) is 0.167. The molecule has 0 bridgehead atoms. The summed E-state index contributed by atoms with van der Waals surface area (Å²) in [6.07, 6.45) is -2.70. The molecule has 0 heterocycles. The molecule has 0 aliphatic heterocycles. The Morgan fingerprint density at radius 1 is 1.29 bits per heavy atom. The van der Waals surface area contributed by atoms with Gasteiger partial charge in [0.05, 0.1) is 17.1 Å². The second-order valence-electron chi connectivity index (χ2n) is 9.67. The predicted molar refractivity (Wildman–Crippen MR) is 118 cm³/mol. The van der Waals surface area contributed by atoms with E-state index < -0.39 is 76.0 Å². The third-order valence-corrected chi connectivity index (χ3v) is 7.63.